The van der Waals surface area contributed by atoms with Crippen molar-refractivity contribution in [3.05, 3.63) is 35.4 Å². The van der Waals surface area contributed by atoms with Crippen molar-refractivity contribution in [3.63, 3.8) is 0 Å². The third-order valence-corrected chi connectivity index (χ3v) is 7.98. The Balaban J connectivity index is 0.000000299. The molecule has 1 aromatic rings. The number of nitrogens with one attached hydrogen (secondary N) is 4. The molecule has 2 amide bonds. The normalized spacial score (nSPS) is 21.4. The molecule has 3 saturated heterocycles. The largest absolute Gasteiger partial charge is 0.356 e. The number of carbonyl (C=O) groups is 2. The third kappa shape index (κ3) is 18.5. The quantitative estimate of drug-likeness (QED) is 0.282. The molecule has 6 N–H and O–H groups in total. The van der Waals surface area contributed by atoms with Gasteiger partial charge in [-0.15, -0.1) is 0 Å². The third-order valence-electron chi connectivity index (χ3n) is 7.98. The number of amides is 2. The number of rotatable bonds is 9. The lowest BCUT2D eigenvalue weighted by atomic mass is 10.1. The molecule has 0 radical (unpaired) electrons. The molecule has 42 heavy (non-hydrogen) atoms. The zero-order chi connectivity index (χ0) is 30.1. The van der Waals surface area contributed by atoms with Crippen LogP contribution in [-0.2, 0) is 22.7 Å². The number of benzene rings is 1. The lowest BCUT2D eigenvalue weighted by Gasteiger charge is -2.34. The van der Waals surface area contributed by atoms with Crippen molar-refractivity contribution < 1.29 is 9.59 Å². The average molecular weight is 588 g/mol. The summed E-state index contributed by atoms with van der Waals surface area (Å²) >= 11 is 0. The lowest BCUT2D eigenvalue weighted by Crippen LogP contribution is -2.47. The molecule has 3 aliphatic heterocycles. The Kier molecular flexibility index (Phi) is 21.0. The van der Waals surface area contributed by atoms with E-state index in [0.717, 1.165) is 57.5 Å². The average Bonchev–Trinajstić information content (AvgIpc) is 3.01. The van der Waals surface area contributed by atoms with E-state index in [1.165, 1.54) is 83.4 Å². The highest BCUT2D eigenvalue weighted by molar-refractivity contribution is 5.76. The Labute approximate surface area is 256 Å². The van der Waals surface area contributed by atoms with Crippen LogP contribution in [0.25, 0.3) is 0 Å². The van der Waals surface area contributed by atoms with Crippen LogP contribution in [0, 0.1) is 0 Å². The molecule has 0 saturated carbocycles. The highest BCUT2D eigenvalue weighted by Crippen LogP contribution is 2.09. The molecule has 9 nitrogen and oxygen atoms in total. The van der Waals surface area contributed by atoms with E-state index in [-0.39, 0.29) is 11.8 Å². The molecule has 0 atom stereocenters. The van der Waals surface area contributed by atoms with Gasteiger partial charge in [0.25, 0.3) is 0 Å². The number of hydrogen-bond acceptors (Lipinski definition) is 7. The zero-order valence-corrected chi connectivity index (χ0v) is 26.6. The van der Waals surface area contributed by atoms with Crippen molar-refractivity contribution >= 4 is 11.8 Å². The summed E-state index contributed by atoms with van der Waals surface area (Å²) in [5, 5.41) is 12.6. The summed E-state index contributed by atoms with van der Waals surface area (Å²) in [6, 6.07) is 8.18. The van der Waals surface area contributed by atoms with Crippen LogP contribution >= 0.6 is 0 Å². The number of fused-ring (bicyclic) bond motifs is 17. The van der Waals surface area contributed by atoms with Crippen LogP contribution in [0.5, 0.6) is 0 Å². The van der Waals surface area contributed by atoms with Crippen molar-refractivity contribution in [2.45, 2.75) is 90.6 Å². The molecule has 9 heteroatoms. The van der Waals surface area contributed by atoms with E-state index < -0.39 is 0 Å². The van der Waals surface area contributed by atoms with Crippen LogP contribution in [-0.4, -0.2) is 93.6 Å². The molecule has 3 aliphatic rings. The van der Waals surface area contributed by atoms with Gasteiger partial charge in [-0.05, 0) is 56.4 Å². The summed E-state index contributed by atoms with van der Waals surface area (Å²) in [5.41, 5.74) is 7.94. The van der Waals surface area contributed by atoms with Gasteiger partial charge in [-0.1, -0.05) is 63.3 Å². The van der Waals surface area contributed by atoms with Crippen molar-refractivity contribution in [1.29, 1.82) is 0 Å². The van der Waals surface area contributed by atoms with E-state index in [1.54, 1.807) is 0 Å². The summed E-state index contributed by atoms with van der Waals surface area (Å²) in [6.07, 6.45) is 12.2. The lowest BCUT2D eigenvalue weighted by molar-refractivity contribution is -0.121. The molecule has 0 unspecified atom stereocenters. The standard InChI is InChI=1S/C18H36N4O.C15H25N3O/c23-18-8-11-19-9-7-13-22-16-14-21(15-17-22)12-6-4-2-1-3-5-10-20-18;1-2-3-8-18-15(19)7-9-17-12-14-6-4-5-13(10-14)11-16/h19H,1-17H2,(H,20,23);4-6,10,17H,2-3,7-9,11-12,16H2,1H3,(H,18,19). The minimum Gasteiger partial charge on any atom is -0.356 e. The molecule has 3 fully saturated rings. The highest BCUT2D eigenvalue weighted by atomic mass is 16.2. The van der Waals surface area contributed by atoms with E-state index in [0.29, 0.717) is 25.9 Å². The fraction of sp³-hybridized carbons (Fsp3) is 0.758. The van der Waals surface area contributed by atoms with Gasteiger partial charge in [0.05, 0.1) is 0 Å². The molecule has 1 aromatic carbocycles. The number of piperazine rings is 1. The Morgan fingerprint density at radius 3 is 2.29 bits per heavy atom. The maximum absolute atomic E-state index is 11.7. The molecule has 3 heterocycles. The molecule has 240 valence electrons. The van der Waals surface area contributed by atoms with Gasteiger partial charge in [0, 0.05) is 78.3 Å². The van der Waals surface area contributed by atoms with Crippen LogP contribution in [0.15, 0.2) is 24.3 Å². The van der Waals surface area contributed by atoms with E-state index in [9.17, 15) is 9.59 Å². The Morgan fingerprint density at radius 1 is 0.857 bits per heavy atom. The van der Waals surface area contributed by atoms with Gasteiger partial charge in [0.2, 0.25) is 11.8 Å². The van der Waals surface area contributed by atoms with Gasteiger partial charge in [-0.2, -0.15) is 0 Å². The van der Waals surface area contributed by atoms with Crippen molar-refractivity contribution in [2.75, 3.05) is 72.0 Å². The first-order valence-corrected chi connectivity index (χ1v) is 16.8. The van der Waals surface area contributed by atoms with Crippen molar-refractivity contribution in [3.8, 4) is 0 Å². The maximum Gasteiger partial charge on any atom is 0.221 e. The van der Waals surface area contributed by atoms with Gasteiger partial charge >= 0.3 is 0 Å². The second-order valence-corrected chi connectivity index (χ2v) is 11.7. The van der Waals surface area contributed by atoms with Gasteiger partial charge in [-0.3, -0.25) is 9.59 Å². The van der Waals surface area contributed by atoms with Crippen LogP contribution < -0.4 is 27.0 Å². The first kappa shape index (κ1) is 36.2. The molecular weight excluding hydrogens is 526 g/mol. The number of unbranched alkanes of at least 4 members (excludes halogenated alkanes) is 1. The molecule has 4 rings (SSSR count). The van der Waals surface area contributed by atoms with E-state index in [2.05, 4.69) is 50.1 Å². The number of carbonyl (C=O) groups excluding carboxylic acids is 2. The van der Waals surface area contributed by atoms with E-state index in [1.807, 2.05) is 12.1 Å². The van der Waals surface area contributed by atoms with E-state index in [4.69, 9.17) is 5.73 Å². The Hall–Kier alpha value is -2.04. The van der Waals surface area contributed by atoms with Crippen LogP contribution in [0.1, 0.15) is 88.7 Å². The second kappa shape index (κ2) is 24.4. The summed E-state index contributed by atoms with van der Waals surface area (Å²) in [6.45, 7) is 15.0. The molecule has 0 aliphatic carbocycles. The summed E-state index contributed by atoms with van der Waals surface area (Å²) in [7, 11) is 0. The summed E-state index contributed by atoms with van der Waals surface area (Å²) in [5.74, 6) is 0.319. The smallest absolute Gasteiger partial charge is 0.221 e. The monoisotopic (exact) mass is 587 g/mol. The topological polar surface area (TPSA) is 115 Å². The fourth-order valence-electron chi connectivity index (χ4n) is 5.27. The van der Waals surface area contributed by atoms with Crippen LogP contribution in [0.4, 0.5) is 0 Å². The molecule has 2 bridgehead atoms. The molecular formula is C33H61N7O2. The van der Waals surface area contributed by atoms with Gasteiger partial charge < -0.3 is 36.8 Å². The maximum atomic E-state index is 11.7. The van der Waals surface area contributed by atoms with Gasteiger partial charge in [0.1, 0.15) is 0 Å². The summed E-state index contributed by atoms with van der Waals surface area (Å²) in [4.78, 5) is 28.4. The van der Waals surface area contributed by atoms with Gasteiger partial charge in [0.15, 0.2) is 0 Å². The Morgan fingerprint density at radius 2 is 1.55 bits per heavy atom. The molecule has 0 spiro atoms. The minimum atomic E-state index is 0.122. The predicted molar refractivity (Wildman–Crippen MR) is 174 cm³/mol. The minimum absolute atomic E-state index is 0.122. The predicted octanol–water partition coefficient (Wildman–Crippen LogP) is 2.99. The highest BCUT2D eigenvalue weighted by Gasteiger charge is 2.15. The van der Waals surface area contributed by atoms with Crippen molar-refractivity contribution in [2.24, 2.45) is 5.73 Å². The fourth-order valence-corrected chi connectivity index (χ4v) is 5.27. The second-order valence-electron chi connectivity index (χ2n) is 11.7. The zero-order valence-electron chi connectivity index (χ0n) is 26.6. The van der Waals surface area contributed by atoms with Crippen molar-refractivity contribution in [1.82, 2.24) is 31.1 Å². The number of nitrogens with two attached hydrogens (primary N) is 1. The van der Waals surface area contributed by atoms with Crippen LogP contribution in [0.2, 0.25) is 0 Å². The molecule has 0 aromatic heterocycles. The number of hydrogen-bond donors (Lipinski definition) is 5. The van der Waals surface area contributed by atoms with Gasteiger partial charge in [-0.25, -0.2) is 0 Å². The summed E-state index contributed by atoms with van der Waals surface area (Å²) < 4.78 is 0. The number of nitrogens with zero attached hydrogens (tertiary/aromatic N) is 2. The first-order valence-electron chi connectivity index (χ1n) is 16.8. The first-order chi connectivity index (χ1) is 20.6. The Bertz CT molecular complexity index is 828. The van der Waals surface area contributed by atoms with Crippen LogP contribution in [0.3, 0.4) is 0 Å². The van der Waals surface area contributed by atoms with E-state index >= 15 is 0 Å². The SMILES string of the molecule is CCCCNC(=O)CCNCc1cccc(CN)c1.O=C1CCNCCCN2CCN(CCCCCCCCN1)CC2.